The van der Waals surface area contributed by atoms with E-state index in [4.69, 9.17) is 10.5 Å². The third-order valence-corrected chi connectivity index (χ3v) is 3.98. The Labute approximate surface area is 160 Å². The van der Waals surface area contributed by atoms with E-state index in [2.05, 4.69) is 5.32 Å². The predicted octanol–water partition coefficient (Wildman–Crippen LogP) is 1.67. The molecule has 0 aliphatic carbocycles. The molecule has 1 aliphatic heterocycles. The van der Waals surface area contributed by atoms with Gasteiger partial charge in [0.15, 0.2) is 5.78 Å². The third-order valence-electron chi connectivity index (χ3n) is 3.98. The fourth-order valence-electron chi connectivity index (χ4n) is 2.91. The van der Waals surface area contributed by atoms with Gasteiger partial charge in [-0.05, 0) is 60.0 Å². The molecule has 3 N–H and O–H groups in total. The van der Waals surface area contributed by atoms with Gasteiger partial charge in [-0.15, -0.1) is 0 Å². The van der Waals surface area contributed by atoms with E-state index in [9.17, 15) is 19.2 Å². The van der Waals surface area contributed by atoms with Crippen molar-refractivity contribution in [2.45, 2.75) is 78.0 Å². The van der Waals surface area contributed by atoms with Crippen LogP contribution in [0.2, 0.25) is 0 Å². The Bertz CT molecular complexity index is 617. The molecule has 0 aromatic carbocycles. The van der Waals surface area contributed by atoms with Gasteiger partial charge in [0.2, 0.25) is 11.8 Å². The first-order chi connectivity index (χ1) is 12.4. The lowest BCUT2D eigenvalue weighted by atomic mass is 10.1. The van der Waals surface area contributed by atoms with E-state index in [0.717, 1.165) is 5.57 Å². The number of carbonyl (C=O) groups is 4. The number of hydrogen-bond donors (Lipinski definition) is 2. The molecule has 152 valence electrons. The Morgan fingerprint density at radius 3 is 2.41 bits per heavy atom. The molecule has 0 spiro atoms. The minimum atomic E-state index is -0.964. The number of likely N-dealkylation sites (tertiary alicyclic amines) is 1. The Hall–Kier alpha value is -2.38. The largest absolute Gasteiger partial charge is 0.444 e. The van der Waals surface area contributed by atoms with E-state index in [-0.39, 0.29) is 18.6 Å². The Kier molecular flexibility index (Phi) is 7.99. The van der Waals surface area contributed by atoms with E-state index < -0.39 is 35.6 Å². The van der Waals surface area contributed by atoms with E-state index in [1.807, 2.05) is 0 Å². The van der Waals surface area contributed by atoms with Crippen molar-refractivity contribution in [2.24, 2.45) is 5.73 Å². The number of carbonyl (C=O) groups excluding carboxylic acids is 4. The molecule has 3 amide bonds. The summed E-state index contributed by atoms with van der Waals surface area (Å²) in [5.41, 5.74) is 5.52. The second-order valence-corrected chi connectivity index (χ2v) is 8.02. The van der Waals surface area contributed by atoms with Crippen LogP contribution in [0.4, 0.5) is 4.79 Å². The molecule has 8 nitrogen and oxygen atoms in total. The highest BCUT2D eigenvalue weighted by Crippen LogP contribution is 2.19. The van der Waals surface area contributed by atoms with E-state index in [1.54, 1.807) is 34.6 Å². The molecular formula is C19H31N3O5. The molecule has 1 aliphatic rings. The number of nitrogens with two attached hydrogens (primary N) is 1. The zero-order chi connectivity index (χ0) is 20.8. The first-order valence-corrected chi connectivity index (χ1v) is 9.17. The normalized spacial score (nSPS) is 17.8. The third kappa shape index (κ3) is 7.80. The van der Waals surface area contributed by atoms with Crippen molar-refractivity contribution >= 4 is 23.7 Å². The van der Waals surface area contributed by atoms with Gasteiger partial charge in [0.1, 0.15) is 17.7 Å². The highest BCUT2D eigenvalue weighted by molar-refractivity contribution is 5.93. The molecule has 27 heavy (non-hydrogen) atoms. The van der Waals surface area contributed by atoms with Gasteiger partial charge in [0, 0.05) is 13.0 Å². The summed E-state index contributed by atoms with van der Waals surface area (Å²) in [6, 6.07) is -1.65. The van der Waals surface area contributed by atoms with Gasteiger partial charge in [-0.1, -0.05) is 5.57 Å². The van der Waals surface area contributed by atoms with Crippen molar-refractivity contribution in [3.8, 4) is 0 Å². The van der Waals surface area contributed by atoms with Crippen LogP contribution in [0.5, 0.6) is 0 Å². The lowest BCUT2D eigenvalue weighted by Crippen LogP contribution is -2.53. The van der Waals surface area contributed by atoms with Crippen molar-refractivity contribution in [1.29, 1.82) is 0 Å². The molecule has 1 fully saturated rings. The van der Waals surface area contributed by atoms with Crippen molar-refractivity contribution in [3.63, 3.8) is 0 Å². The second kappa shape index (κ2) is 9.53. The van der Waals surface area contributed by atoms with Crippen LogP contribution >= 0.6 is 0 Å². The number of allylic oxidation sites excluding steroid dienone is 2. The van der Waals surface area contributed by atoms with Gasteiger partial charge < -0.3 is 20.7 Å². The lowest BCUT2D eigenvalue weighted by Gasteiger charge is -2.28. The number of hydrogen-bond acceptors (Lipinski definition) is 5. The number of nitrogens with one attached hydrogen (secondary N) is 1. The number of alkyl carbamates (subject to hydrolysis) is 1. The minimum Gasteiger partial charge on any atom is -0.444 e. The number of nitrogens with zero attached hydrogens (tertiary/aromatic N) is 1. The number of ether oxygens (including phenoxy) is 1. The van der Waals surface area contributed by atoms with Crippen LogP contribution in [0.25, 0.3) is 0 Å². The smallest absolute Gasteiger partial charge is 0.408 e. The summed E-state index contributed by atoms with van der Waals surface area (Å²) in [5.74, 6) is -1.13. The summed E-state index contributed by atoms with van der Waals surface area (Å²) in [6.45, 7) is 9.14. The zero-order valence-corrected chi connectivity index (χ0v) is 16.8. The molecule has 1 rings (SSSR count). The first kappa shape index (κ1) is 22.7. The van der Waals surface area contributed by atoms with Crippen molar-refractivity contribution in [1.82, 2.24) is 10.2 Å². The van der Waals surface area contributed by atoms with E-state index >= 15 is 0 Å². The predicted molar refractivity (Wildman–Crippen MR) is 101 cm³/mol. The Morgan fingerprint density at radius 1 is 1.26 bits per heavy atom. The lowest BCUT2D eigenvalue weighted by molar-refractivity contribution is -0.139. The summed E-state index contributed by atoms with van der Waals surface area (Å²) in [7, 11) is 0. The number of primary amides is 1. The average molecular weight is 381 g/mol. The van der Waals surface area contributed by atoms with E-state index in [1.165, 1.54) is 11.0 Å². The Morgan fingerprint density at radius 2 is 1.89 bits per heavy atom. The minimum absolute atomic E-state index is 0.0897. The van der Waals surface area contributed by atoms with Gasteiger partial charge in [-0.3, -0.25) is 14.4 Å². The van der Waals surface area contributed by atoms with Gasteiger partial charge in [0.05, 0.1) is 0 Å². The Balaban J connectivity index is 2.90. The van der Waals surface area contributed by atoms with Gasteiger partial charge in [-0.2, -0.15) is 0 Å². The van der Waals surface area contributed by atoms with Gasteiger partial charge in [-0.25, -0.2) is 4.79 Å². The van der Waals surface area contributed by atoms with E-state index in [0.29, 0.717) is 19.4 Å². The highest BCUT2D eigenvalue weighted by Gasteiger charge is 2.37. The molecule has 0 bridgehead atoms. The molecule has 0 radical (unpaired) electrons. The maximum atomic E-state index is 12.9. The average Bonchev–Trinajstić information content (AvgIpc) is 2.97. The second-order valence-electron chi connectivity index (χ2n) is 8.02. The molecule has 0 aromatic rings. The van der Waals surface area contributed by atoms with Crippen molar-refractivity contribution in [2.75, 3.05) is 6.54 Å². The monoisotopic (exact) mass is 381 g/mol. The molecular weight excluding hydrogens is 350 g/mol. The molecule has 2 unspecified atom stereocenters. The molecule has 0 saturated carbocycles. The first-order valence-electron chi connectivity index (χ1n) is 9.17. The summed E-state index contributed by atoms with van der Waals surface area (Å²) < 4.78 is 5.22. The summed E-state index contributed by atoms with van der Waals surface area (Å²) >= 11 is 0. The van der Waals surface area contributed by atoms with Crippen LogP contribution in [0.1, 0.15) is 60.3 Å². The summed E-state index contributed by atoms with van der Waals surface area (Å²) in [4.78, 5) is 50.0. The van der Waals surface area contributed by atoms with Crippen LogP contribution in [0.3, 0.4) is 0 Å². The van der Waals surface area contributed by atoms with Crippen LogP contribution in [-0.4, -0.2) is 52.8 Å². The number of rotatable bonds is 7. The van der Waals surface area contributed by atoms with Crippen LogP contribution in [-0.2, 0) is 19.1 Å². The number of ketones is 1. The quantitative estimate of drug-likeness (QED) is 0.650. The zero-order valence-electron chi connectivity index (χ0n) is 16.8. The summed E-state index contributed by atoms with van der Waals surface area (Å²) in [6.07, 6.45) is 2.11. The van der Waals surface area contributed by atoms with Gasteiger partial charge in [0.25, 0.3) is 0 Å². The summed E-state index contributed by atoms with van der Waals surface area (Å²) in [5, 5.41) is 2.54. The molecule has 1 heterocycles. The maximum absolute atomic E-state index is 12.9. The fraction of sp³-hybridized carbons (Fsp3) is 0.684. The maximum Gasteiger partial charge on any atom is 0.408 e. The topological polar surface area (TPSA) is 119 Å². The fourth-order valence-corrected chi connectivity index (χ4v) is 2.91. The van der Waals surface area contributed by atoms with Crippen molar-refractivity contribution < 1.29 is 23.9 Å². The molecule has 0 aromatic heterocycles. The highest BCUT2D eigenvalue weighted by atomic mass is 16.6. The van der Waals surface area contributed by atoms with Crippen LogP contribution in [0, 0.1) is 0 Å². The molecule has 2 atom stereocenters. The van der Waals surface area contributed by atoms with Crippen LogP contribution in [0.15, 0.2) is 11.6 Å². The standard InChI is InChI=1S/C19H31N3O5/c1-12(2)11-13(23)8-9-14(21-18(26)27-19(3,4)5)17(25)22-10-6-7-15(22)16(20)24/h11,14-15H,6-10H2,1-5H3,(H2,20,24)(H,21,26). The molecule has 8 heteroatoms. The van der Waals surface area contributed by atoms with Crippen molar-refractivity contribution in [3.05, 3.63) is 11.6 Å². The van der Waals surface area contributed by atoms with Gasteiger partial charge >= 0.3 is 6.09 Å². The SMILES string of the molecule is CC(C)=CC(=O)CCC(NC(=O)OC(C)(C)C)C(=O)N1CCCC1C(N)=O. The van der Waals surface area contributed by atoms with Crippen LogP contribution < -0.4 is 11.1 Å². The number of amides is 3. The molecule has 1 saturated heterocycles.